The molecule has 0 atom stereocenters. The van der Waals surface area contributed by atoms with Gasteiger partial charge in [-0.3, -0.25) is 14.9 Å². The average Bonchev–Trinajstić information content (AvgIpc) is 2.77. The highest BCUT2D eigenvalue weighted by Crippen LogP contribution is 2.29. The molecule has 1 saturated heterocycles. The first kappa shape index (κ1) is 22.7. The molecule has 3 aromatic carbocycles. The molecule has 1 aliphatic heterocycles. The number of nitrogens with zero attached hydrogens (tertiary/aromatic N) is 1. The molecule has 9 heteroatoms. The molecule has 0 unspecified atom stereocenters. The van der Waals surface area contributed by atoms with Crippen molar-refractivity contribution in [1.82, 2.24) is 5.32 Å². The second kappa shape index (κ2) is 9.56. The maximum atomic E-state index is 13.6. The first-order valence-corrected chi connectivity index (χ1v) is 10.8. The van der Waals surface area contributed by atoms with E-state index in [1.54, 1.807) is 30.3 Å². The van der Waals surface area contributed by atoms with Gasteiger partial charge in [0.1, 0.15) is 23.7 Å². The minimum Gasteiger partial charge on any atom is -0.488 e. The molecule has 0 bridgehead atoms. The van der Waals surface area contributed by atoms with Gasteiger partial charge in [-0.05, 0) is 75.6 Å². The van der Waals surface area contributed by atoms with Crippen molar-refractivity contribution in [3.8, 4) is 5.75 Å². The number of anilines is 1. The number of ether oxygens (including phenoxy) is 1. The molecule has 4 rings (SSSR count). The van der Waals surface area contributed by atoms with E-state index in [0.29, 0.717) is 27.4 Å². The van der Waals surface area contributed by atoms with Crippen molar-refractivity contribution in [2.75, 3.05) is 4.90 Å². The van der Waals surface area contributed by atoms with Gasteiger partial charge in [-0.2, -0.15) is 0 Å². The van der Waals surface area contributed by atoms with E-state index in [9.17, 15) is 18.8 Å². The quantitative estimate of drug-likeness (QED) is 0.350. The standard InChI is InChI=1S/C24H15BrClFN2O4/c25-20-11-15(6-9-21(20)33-13-14-4-7-16(26)8-5-14)10-19-22(30)28-24(32)29(23(19)31)18-3-1-2-17(27)12-18/h1-12H,13H2,(H,28,30,32)/b19-10+. The molecule has 166 valence electrons. The Morgan fingerprint density at radius 1 is 1.03 bits per heavy atom. The third kappa shape index (κ3) is 5.13. The zero-order valence-electron chi connectivity index (χ0n) is 16.8. The molecular weight excluding hydrogens is 515 g/mol. The van der Waals surface area contributed by atoms with Gasteiger partial charge >= 0.3 is 6.03 Å². The summed E-state index contributed by atoms with van der Waals surface area (Å²) >= 11 is 9.31. The van der Waals surface area contributed by atoms with Gasteiger partial charge in [0.25, 0.3) is 11.8 Å². The maximum absolute atomic E-state index is 13.6. The lowest BCUT2D eigenvalue weighted by atomic mass is 10.1. The van der Waals surface area contributed by atoms with Crippen molar-refractivity contribution in [1.29, 1.82) is 0 Å². The highest BCUT2D eigenvalue weighted by molar-refractivity contribution is 9.10. The highest BCUT2D eigenvalue weighted by atomic mass is 79.9. The van der Waals surface area contributed by atoms with Crippen LogP contribution in [0.15, 0.2) is 76.8 Å². The van der Waals surface area contributed by atoms with E-state index in [4.69, 9.17) is 16.3 Å². The average molecular weight is 530 g/mol. The fourth-order valence-corrected chi connectivity index (χ4v) is 3.78. The van der Waals surface area contributed by atoms with E-state index in [1.807, 2.05) is 12.1 Å². The van der Waals surface area contributed by atoms with Crippen molar-refractivity contribution in [2.24, 2.45) is 0 Å². The van der Waals surface area contributed by atoms with Gasteiger partial charge in [0.15, 0.2) is 0 Å². The third-order valence-corrected chi connectivity index (χ3v) is 5.61. The molecular formula is C24H15BrClFN2O4. The second-order valence-corrected chi connectivity index (χ2v) is 8.33. The van der Waals surface area contributed by atoms with Crippen LogP contribution in [0.2, 0.25) is 5.02 Å². The lowest BCUT2D eigenvalue weighted by Gasteiger charge is -2.26. The third-order valence-electron chi connectivity index (χ3n) is 4.74. The molecule has 4 amide bonds. The SMILES string of the molecule is O=C1NC(=O)N(c2cccc(F)c2)C(=O)/C1=C/c1ccc(OCc2ccc(Cl)cc2)c(Br)c1. The Bertz CT molecular complexity index is 1290. The van der Waals surface area contributed by atoms with Crippen LogP contribution in [0.25, 0.3) is 6.08 Å². The summed E-state index contributed by atoms with van der Waals surface area (Å²) in [4.78, 5) is 38.2. The van der Waals surface area contributed by atoms with E-state index in [0.717, 1.165) is 16.5 Å². The summed E-state index contributed by atoms with van der Waals surface area (Å²) in [5.41, 5.74) is 1.21. The number of imide groups is 2. The number of rotatable bonds is 5. The summed E-state index contributed by atoms with van der Waals surface area (Å²) in [6, 6.07) is 16.3. The molecule has 0 radical (unpaired) electrons. The van der Waals surface area contributed by atoms with Crippen LogP contribution >= 0.6 is 27.5 Å². The molecule has 1 heterocycles. The number of carbonyl (C=O) groups excluding carboxylic acids is 3. The van der Waals surface area contributed by atoms with E-state index in [1.165, 1.54) is 24.3 Å². The molecule has 0 aromatic heterocycles. The monoisotopic (exact) mass is 528 g/mol. The molecule has 1 aliphatic rings. The van der Waals surface area contributed by atoms with Gasteiger partial charge in [0.05, 0.1) is 10.2 Å². The van der Waals surface area contributed by atoms with Crippen molar-refractivity contribution in [3.63, 3.8) is 0 Å². The normalized spacial score (nSPS) is 15.1. The molecule has 1 N–H and O–H groups in total. The largest absolute Gasteiger partial charge is 0.488 e. The van der Waals surface area contributed by atoms with Crippen LogP contribution in [0.4, 0.5) is 14.9 Å². The summed E-state index contributed by atoms with van der Waals surface area (Å²) in [6.45, 7) is 0.321. The molecule has 3 aromatic rings. The lowest BCUT2D eigenvalue weighted by molar-refractivity contribution is -0.122. The summed E-state index contributed by atoms with van der Waals surface area (Å²) in [5.74, 6) is -1.75. The van der Waals surface area contributed by atoms with Crippen LogP contribution < -0.4 is 15.0 Å². The van der Waals surface area contributed by atoms with Crippen LogP contribution in [0, 0.1) is 5.82 Å². The molecule has 33 heavy (non-hydrogen) atoms. The summed E-state index contributed by atoms with van der Waals surface area (Å²) < 4.78 is 20.0. The Morgan fingerprint density at radius 3 is 2.48 bits per heavy atom. The van der Waals surface area contributed by atoms with E-state index in [2.05, 4.69) is 21.2 Å². The summed E-state index contributed by atoms with van der Waals surface area (Å²) in [6.07, 6.45) is 1.35. The van der Waals surface area contributed by atoms with Gasteiger partial charge in [0, 0.05) is 5.02 Å². The van der Waals surface area contributed by atoms with Gasteiger partial charge in [-0.1, -0.05) is 35.9 Å². The summed E-state index contributed by atoms with van der Waals surface area (Å²) in [7, 11) is 0. The van der Waals surface area contributed by atoms with Crippen molar-refractivity contribution in [3.05, 3.63) is 98.7 Å². The number of urea groups is 1. The molecule has 0 aliphatic carbocycles. The lowest BCUT2D eigenvalue weighted by Crippen LogP contribution is -2.54. The van der Waals surface area contributed by atoms with Crippen molar-refractivity contribution >= 4 is 57.1 Å². The highest BCUT2D eigenvalue weighted by Gasteiger charge is 2.36. The van der Waals surface area contributed by atoms with E-state index >= 15 is 0 Å². The number of hydrogen-bond acceptors (Lipinski definition) is 4. The van der Waals surface area contributed by atoms with Gasteiger partial charge in [0.2, 0.25) is 0 Å². The second-order valence-electron chi connectivity index (χ2n) is 7.04. The fraction of sp³-hybridized carbons (Fsp3) is 0.0417. The van der Waals surface area contributed by atoms with Crippen molar-refractivity contribution < 1.29 is 23.5 Å². The van der Waals surface area contributed by atoms with Crippen LogP contribution in [0.1, 0.15) is 11.1 Å². The Hall–Kier alpha value is -3.49. The Balaban J connectivity index is 1.56. The number of amides is 4. The zero-order valence-corrected chi connectivity index (χ0v) is 19.2. The van der Waals surface area contributed by atoms with Crippen LogP contribution in [-0.2, 0) is 16.2 Å². The van der Waals surface area contributed by atoms with Gasteiger partial charge in [-0.15, -0.1) is 0 Å². The predicted octanol–water partition coefficient (Wildman–Crippen LogP) is 5.49. The van der Waals surface area contributed by atoms with Crippen LogP contribution in [0.3, 0.4) is 0 Å². The topological polar surface area (TPSA) is 75.7 Å². The number of hydrogen-bond donors (Lipinski definition) is 1. The number of nitrogens with one attached hydrogen (secondary N) is 1. The van der Waals surface area contributed by atoms with Crippen molar-refractivity contribution in [2.45, 2.75) is 6.61 Å². The molecule has 6 nitrogen and oxygen atoms in total. The first-order chi connectivity index (χ1) is 15.8. The molecule has 0 spiro atoms. The minimum atomic E-state index is -0.945. The predicted molar refractivity (Wildman–Crippen MR) is 125 cm³/mol. The smallest absolute Gasteiger partial charge is 0.335 e. The van der Waals surface area contributed by atoms with Crippen LogP contribution in [-0.4, -0.2) is 17.8 Å². The Labute approximate surface area is 201 Å². The number of benzene rings is 3. The van der Waals surface area contributed by atoms with Crippen LogP contribution in [0.5, 0.6) is 5.75 Å². The molecule has 0 saturated carbocycles. The number of halogens is 3. The Kier molecular flexibility index (Phi) is 6.57. The molecule has 1 fully saturated rings. The minimum absolute atomic E-state index is 0.0167. The number of barbiturate groups is 1. The first-order valence-electron chi connectivity index (χ1n) is 9.65. The summed E-state index contributed by atoms with van der Waals surface area (Å²) in [5, 5.41) is 2.74. The van der Waals surface area contributed by atoms with E-state index < -0.39 is 23.7 Å². The van der Waals surface area contributed by atoms with E-state index in [-0.39, 0.29) is 11.3 Å². The van der Waals surface area contributed by atoms with Gasteiger partial charge < -0.3 is 4.74 Å². The zero-order chi connectivity index (χ0) is 23.5. The van der Waals surface area contributed by atoms with Gasteiger partial charge in [-0.25, -0.2) is 14.1 Å². The fourth-order valence-electron chi connectivity index (χ4n) is 3.14. The number of carbonyl (C=O) groups is 3. The Morgan fingerprint density at radius 2 is 1.79 bits per heavy atom. The maximum Gasteiger partial charge on any atom is 0.335 e.